The Hall–Kier alpha value is -3.75. The number of halogens is 4. The minimum atomic E-state index is -4.55. The number of alkyl halides is 3. The first-order valence-corrected chi connectivity index (χ1v) is 10.1. The average Bonchev–Trinajstić information content (AvgIpc) is 3.27. The van der Waals surface area contributed by atoms with Crippen LogP contribution in [0.25, 0.3) is 0 Å². The normalized spacial score (nSPS) is 12.7. The summed E-state index contributed by atoms with van der Waals surface area (Å²) in [6, 6.07) is 11.9. The zero-order valence-electron chi connectivity index (χ0n) is 17.2. The predicted octanol–water partition coefficient (Wildman–Crippen LogP) is 4.63. The molecule has 1 amide bonds. The summed E-state index contributed by atoms with van der Waals surface area (Å²) in [6.45, 7) is 0.524. The monoisotopic (exact) mass is 458 g/mol. The standard InChI is InChI=1S/C24H18F4N2O3/c25-18-5-2-17(3-6-18)22(31)23(32)30(19-7-4-16-10-12-33-20(16)13-19)11-9-15-1-8-21(29-14-15)24(26,27)28/h1-8,13-14H,9-12H2. The van der Waals surface area contributed by atoms with Crippen molar-refractivity contribution in [3.8, 4) is 5.75 Å². The van der Waals surface area contributed by atoms with E-state index >= 15 is 0 Å². The fourth-order valence-electron chi connectivity index (χ4n) is 3.50. The second-order valence-corrected chi connectivity index (χ2v) is 7.48. The third-order valence-corrected chi connectivity index (χ3v) is 5.28. The number of hydrogen-bond acceptors (Lipinski definition) is 4. The summed E-state index contributed by atoms with van der Waals surface area (Å²) >= 11 is 0. The molecule has 0 atom stereocenters. The molecule has 0 aliphatic carbocycles. The van der Waals surface area contributed by atoms with E-state index in [1.165, 1.54) is 23.1 Å². The van der Waals surface area contributed by atoms with Crippen LogP contribution in [0, 0.1) is 5.82 Å². The van der Waals surface area contributed by atoms with Crippen molar-refractivity contribution in [3.05, 3.63) is 89.0 Å². The van der Waals surface area contributed by atoms with Crippen molar-refractivity contribution < 1.29 is 31.9 Å². The van der Waals surface area contributed by atoms with Crippen molar-refractivity contribution in [1.82, 2.24) is 4.98 Å². The van der Waals surface area contributed by atoms with Gasteiger partial charge in [0.05, 0.1) is 6.61 Å². The maximum Gasteiger partial charge on any atom is 0.433 e. The number of benzene rings is 2. The molecule has 1 aliphatic heterocycles. The van der Waals surface area contributed by atoms with Gasteiger partial charge >= 0.3 is 6.18 Å². The molecule has 3 aromatic rings. The molecular weight excluding hydrogens is 440 g/mol. The molecule has 2 heterocycles. The van der Waals surface area contributed by atoms with Gasteiger partial charge in [0, 0.05) is 36.5 Å². The Balaban J connectivity index is 1.59. The van der Waals surface area contributed by atoms with Crippen molar-refractivity contribution in [2.45, 2.75) is 19.0 Å². The number of hydrogen-bond donors (Lipinski definition) is 0. The molecule has 0 N–H and O–H groups in total. The van der Waals surface area contributed by atoms with E-state index in [1.54, 1.807) is 18.2 Å². The molecule has 0 unspecified atom stereocenters. The van der Waals surface area contributed by atoms with E-state index in [0.717, 1.165) is 36.4 Å². The molecule has 0 saturated carbocycles. The Bertz CT molecular complexity index is 1180. The fourth-order valence-corrected chi connectivity index (χ4v) is 3.50. The van der Waals surface area contributed by atoms with Gasteiger partial charge < -0.3 is 9.64 Å². The van der Waals surface area contributed by atoms with Crippen LogP contribution in [0.4, 0.5) is 23.2 Å². The van der Waals surface area contributed by atoms with Crippen LogP contribution in [-0.4, -0.2) is 29.8 Å². The molecule has 170 valence electrons. The van der Waals surface area contributed by atoms with Crippen LogP contribution in [0.1, 0.15) is 27.2 Å². The van der Waals surface area contributed by atoms with Crippen LogP contribution in [-0.2, 0) is 23.8 Å². The second-order valence-electron chi connectivity index (χ2n) is 7.48. The lowest BCUT2D eigenvalue weighted by atomic mass is 10.1. The van der Waals surface area contributed by atoms with Gasteiger partial charge in [-0.3, -0.25) is 14.6 Å². The van der Waals surface area contributed by atoms with Crippen molar-refractivity contribution in [3.63, 3.8) is 0 Å². The van der Waals surface area contributed by atoms with Gasteiger partial charge in [0.15, 0.2) is 0 Å². The predicted molar refractivity (Wildman–Crippen MR) is 112 cm³/mol. The Morgan fingerprint density at radius 2 is 1.79 bits per heavy atom. The molecule has 0 fully saturated rings. The number of nitrogens with zero attached hydrogens (tertiary/aromatic N) is 2. The summed E-state index contributed by atoms with van der Waals surface area (Å²) in [5, 5.41) is 0. The number of aromatic nitrogens is 1. The highest BCUT2D eigenvalue weighted by molar-refractivity contribution is 6.47. The first-order valence-electron chi connectivity index (χ1n) is 10.1. The van der Waals surface area contributed by atoms with E-state index < -0.39 is 29.4 Å². The first-order chi connectivity index (χ1) is 15.7. The van der Waals surface area contributed by atoms with Crippen LogP contribution in [0.5, 0.6) is 5.75 Å². The molecule has 0 saturated heterocycles. The third-order valence-electron chi connectivity index (χ3n) is 5.28. The molecule has 9 heteroatoms. The Morgan fingerprint density at radius 3 is 2.45 bits per heavy atom. The lowest BCUT2D eigenvalue weighted by molar-refractivity contribution is -0.141. The summed E-state index contributed by atoms with van der Waals surface area (Å²) in [5.41, 5.74) is 0.868. The molecule has 33 heavy (non-hydrogen) atoms. The molecular formula is C24H18F4N2O3. The number of carbonyl (C=O) groups is 2. The number of Topliss-reactive ketones (excluding diaryl/α,β-unsaturated/α-hetero) is 1. The van der Waals surface area contributed by atoms with E-state index in [-0.39, 0.29) is 18.5 Å². The molecule has 1 aliphatic rings. The number of carbonyl (C=O) groups excluding carboxylic acids is 2. The van der Waals surface area contributed by atoms with Gasteiger partial charge in [0.1, 0.15) is 17.3 Å². The highest BCUT2D eigenvalue weighted by Crippen LogP contribution is 2.31. The first kappa shape index (κ1) is 22.4. The summed E-state index contributed by atoms with van der Waals surface area (Å²) in [7, 11) is 0. The molecule has 1 aromatic heterocycles. The highest BCUT2D eigenvalue weighted by atomic mass is 19.4. The number of pyridine rings is 1. The minimum absolute atomic E-state index is 0.0115. The summed E-state index contributed by atoms with van der Waals surface area (Å²) in [6.07, 6.45) is -2.56. The lowest BCUT2D eigenvalue weighted by Crippen LogP contribution is -2.38. The average molecular weight is 458 g/mol. The highest BCUT2D eigenvalue weighted by Gasteiger charge is 2.32. The van der Waals surface area contributed by atoms with E-state index in [4.69, 9.17) is 4.74 Å². The topological polar surface area (TPSA) is 59.5 Å². The van der Waals surface area contributed by atoms with Crippen LogP contribution in [0.15, 0.2) is 60.8 Å². The van der Waals surface area contributed by atoms with Gasteiger partial charge in [-0.15, -0.1) is 0 Å². The molecule has 2 aromatic carbocycles. The van der Waals surface area contributed by atoms with Crippen LogP contribution < -0.4 is 9.64 Å². The largest absolute Gasteiger partial charge is 0.493 e. The van der Waals surface area contributed by atoms with E-state index in [0.29, 0.717) is 23.6 Å². The van der Waals surface area contributed by atoms with Crippen molar-refractivity contribution >= 4 is 17.4 Å². The smallest absolute Gasteiger partial charge is 0.433 e. The second kappa shape index (κ2) is 9.01. The summed E-state index contributed by atoms with van der Waals surface area (Å²) < 4.78 is 57.0. The summed E-state index contributed by atoms with van der Waals surface area (Å²) in [4.78, 5) is 30.6. The van der Waals surface area contributed by atoms with Gasteiger partial charge in [-0.05, 0) is 53.9 Å². The quantitative estimate of drug-likeness (QED) is 0.307. The molecule has 0 radical (unpaired) electrons. The van der Waals surface area contributed by atoms with Crippen LogP contribution in [0.2, 0.25) is 0 Å². The van der Waals surface area contributed by atoms with Crippen LogP contribution >= 0.6 is 0 Å². The number of anilines is 1. The number of amides is 1. The van der Waals surface area contributed by atoms with Crippen LogP contribution in [0.3, 0.4) is 0 Å². The van der Waals surface area contributed by atoms with E-state index in [1.807, 2.05) is 0 Å². The number of ketones is 1. The molecule has 4 rings (SSSR count). The van der Waals surface area contributed by atoms with Gasteiger partial charge in [0.2, 0.25) is 0 Å². The zero-order chi connectivity index (χ0) is 23.6. The van der Waals surface area contributed by atoms with Crippen molar-refractivity contribution in [2.75, 3.05) is 18.1 Å². The van der Waals surface area contributed by atoms with E-state index in [2.05, 4.69) is 4.98 Å². The van der Waals surface area contributed by atoms with Crippen molar-refractivity contribution in [1.29, 1.82) is 0 Å². The number of ether oxygens (including phenoxy) is 1. The number of rotatable bonds is 6. The molecule has 0 bridgehead atoms. The molecule has 0 spiro atoms. The van der Waals surface area contributed by atoms with Gasteiger partial charge in [-0.25, -0.2) is 4.39 Å². The van der Waals surface area contributed by atoms with Crippen molar-refractivity contribution in [2.24, 2.45) is 0 Å². The van der Waals surface area contributed by atoms with Gasteiger partial charge in [-0.1, -0.05) is 12.1 Å². The Kier molecular flexibility index (Phi) is 6.13. The zero-order valence-corrected chi connectivity index (χ0v) is 17.2. The third kappa shape index (κ3) is 5.02. The lowest BCUT2D eigenvalue weighted by Gasteiger charge is -2.23. The summed E-state index contributed by atoms with van der Waals surface area (Å²) in [5.74, 6) is -1.61. The maximum absolute atomic E-state index is 13.2. The van der Waals surface area contributed by atoms with Gasteiger partial charge in [-0.2, -0.15) is 13.2 Å². The van der Waals surface area contributed by atoms with Gasteiger partial charge in [0.25, 0.3) is 11.7 Å². The van der Waals surface area contributed by atoms with E-state index in [9.17, 15) is 27.2 Å². The molecule has 5 nitrogen and oxygen atoms in total. The number of fused-ring (bicyclic) bond motifs is 1. The Morgan fingerprint density at radius 1 is 1.03 bits per heavy atom. The fraction of sp³-hybridized carbons (Fsp3) is 0.208. The SMILES string of the molecule is O=C(C(=O)N(CCc1ccc(C(F)(F)F)nc1)c1ccc2c(c1)OCC2)c1ccc(F)cc1. The minimum Gasteiger partial charge on any atom is -0.493 e. The Labute approximate surface area is 186 Å². The maximum atomic E-state index is 13.2.